The highest BCUT2D eigenvalue weighted by atomic mass is 16.5. The molecule has 1 N–H and O–H groups in total. The summed E-state index contributed by atoms with van der Waals surface area (Å²) >= 11 is 0. The molecule has 0 radical (unpaired) electrons. The van der Waals surface area contributed by atoms with Crippen molar-refractivity contribution < 1.29 is 9.53 Å². The second kappa shape index (κ2) is 6.84. The molecular weight excluding hydrogens is 254 g/mol. The van der Waals surface area contributed by atoms with Gasteiger partial charge in [-0.3, -0.25) is 4.79 Å². The number of hydrogen-bond donors (Lipinski definition) is 1. The van der Waals surface area contributed by atoms with Gasteiger partial charge in [0.15, 0.2) is 6.61 Å². The summed E-state index contributed by atoms with van der Waals surface area (Å²) in [5.41, 5.74) is 0.804. The molecule has 1 aromatic heterocycles. The van der Waals surface area contributed by atoms with E-state index in [9.17, 15) is 4.79 Å². The number of fused-ring (bicyclic) bond motifs is 1. The molecule has 106 valence electrons. The average Bonchev–Trinajstić information content (AvgIpc) is 2.50. The van der Waals surface area contributed by atoms with Crippen LogP contribution in [0.4, 0.5) is 0 Å². The highest BCUT2D eigenvalue weighted by Crippen LogP contribution is 2.20. The maximum absolute atomic E-state index is 11.8. The van der Waals surface area contributed by atoms with Crippen molar-refractivity contribution >= 4 is 16.8 Å². The molecule has 0 fully saturated rings. The fourth-order valence-electron chi connectivity index (χ4n) is 1.99. The number of para-hydroxylation sites is 1. The Morgan fingerprint density at radius 2 is 2.00 bits per heavy atom. The first-order chi connectivity index (χ1) is 9.74. The number of benzene rings is 1. The van der Waals surface area contributed by atoms with Crippen LogP contribution in [0.25, 0.3) is 10.9 Å². The lowest BCUT2D eigenvalue weighted by Gasteiger charge is -2.15. The van der Waals surface area contributed by atoms with E-state index in [1.165, 1.54) is 6.33 Å². The Morgan fingerprint density at radius 1 is 1.25 bits per heavy atom. The molecule has 0 spiro atoms. The Hall–Kier alpha value is -2.17. The average molecular weight is 273 g/mol. The minimum atomic E-state index is -0.124. The van der Waals surface area contributed by atoms with Crippen molar-refractivity contribution in [2.24, 2.45) is 0 Å². The highest BCUT2D eigenvalue weighted by Gasteiger charge is 2.10. The number of ether oxygens (including phenoxy) is 1. The van der Waals surface area contributed by atoms with E-state index in [-0.39, 0.29) is 18.6 Å². The molecule has 0 unspecified atom stereocenters. The van der Waals surface area contributed by atoms with E-state index in [0.29, 0.717) is 5.88 Å². The Labute approximate surface area is 118 Å². The summed E-state index contributed by atoms with van der Waals surface area (Å²) in [5.74, 6) is 0.316. The summed E-state index contributed by atoms with van der Waals surface area (Å²) < 4.78 is 5.51. The van der Waals surface area contributed by atoms with Crippen molar-refractivity contribution in [3.05, 3.63) is 30.6 Å². The molecule has 0 aliphatic rings. The standard InChI is InChI=1S/C15H19N3O2/c1-3-11(4-2)18-14(19)9-20-15-12-7-5-6-8-13(12)16-10-17-15/h5-8,10-11H,3-4,9H2,1-2H3,(H,18,19). The van der Waals surface area contributed by atoms with Crippen LogP contribution in [0.2, 0.25) is 0 Å². The first-order valence-corrected chi connectivity index (χ1v) is 6.86. The van der Waals surface area contributed by atoms with Gasteiger partial charge in [-0.25, -0.2) is 9.97 Å². The Morgan fingerprint density at radius 3 is 2.75 bits per heavy atom. The van der Waals surface area contributed by atoms with Gasteiger partial charge in [-0.15, -0.1) is 0 Å². The van der Waals surface area contributed by atoms with Crippen LogP contribution in [0.3, 0.4) is 0 Å². The van der Waals surface area contributed by atoms with Gasteiger partial charge in [0.2, 0.25) is 5.88 Å². The third-order valence-electron chi connectivity index (χ3n) is 3.20. The van der Waals surface area contributed by atoms with Gasteiger partial charge >= 0.3 is 0 Å². The maximum atomic E-state index is 11.8. The summed E-state index contributed by atoms with van der Waals surface area (Å²) in [6, 6.07) is 7.76. The van der Waals surface area contributed by atoms with Gasteiger partial charge in [0.05, 0.1) is 10.9 Å². The lowest BCUT2D eigenvalue weighted by Crippen LogP contribution is -2.37. The molecule has 0 saturated carbocycles. The number of hydrogen-bond acceptors (Lipinski definition) is 4. The largest absolute Gasteiger partial charge is 0.467 e. The zero-order valence-electron chi connectivity index (χ0n) is 11.8. The third-order valence-corrected chi connectivity index (χ3v) is 3.20. The number of amides is 1. The molecular formula is C15H19N3O2. The first-order valence-electron chi connectivity index (χ1n) is 6.86. The molecule has 2 aromatic rings. The number of aromatic nitrogens is 2. The number of nitrogens with zero attached hydrogens (tertiary/aromatic N) is 2. The van der Waals surface area contributed by atoms with Crippen molar-refractivity contribution in [3.8, 4) is 5.88 Å². The predicted octanol–water partition coefficient (Wildman–Crippen LogP) is 2.31. The first kappa shape index (κ1) is 14.2. The van der Waals surface area contributed by atoms with Crippen LogP contribution in [0.1, 0.15) is 26.7 Å². The maximum Gasteiger partial charge on any atom is 0.258 e. The van der Waals surface area contributed by atoms with Gasteiger partial charge in [0.1, 0.15) is 6.33 Å². The van der Waals surface area contributed by atoms with E-state index in [1.54, 1.807) is 0 Å². The molecule has 2 rings (SSSR count). The molecule has 0 bridgehead atoms. The second-order valence-corrected chi connectivity index (χ2v) is 4.57. The fourth-order valence-corrected chi connectivity index (χ4v) is 1.99. The third kappa shape index (κ3) is 3.44. The van der Waals surface area contributed by atoms with Crippen LogP contribution < -0.4 is 10.1 Å². The van der Waals surface area contributed by atoms with Crippen molar-refractivity contribution in [2.75, 3.05) is 6.61 Å². The smallest absolute Gasteiger partial charge is 0.258 e. The minimum Gasteiger partial charge on any atom is -0.467 e. The number of nitrogens with one attached hydrogen (secondary N) is 1. The highest BCUT2D eigenvalue weighted by molar-refractivity contribution is 5.84. The molecule has 0 aliphatic carbocycles. The monoisotopic (exact) mass is 273 g/mol. The van der Waals surface area contributed by atoms with Crippen molar-refractivity contribution in [1.82, 2.24) is 15.3 Å². The Bertz CT molecular complexity index is 577. The quantitative estimate of drug-likeness (QED) is 0.877. The van der Waals surface area contributed by atoms with Gasteiger partial charge in [-0.05, 0) is 25.0 Å². The van der Waals surface area contributed by atoms with E-state index in [0.717, 1.165) is 23.7 Å². The van der Waals surface area contributed by atoms with E-state index >= 15 is 0 Å². The predicted molar refractivity (Wildman–Crippen MR) is 77.5 cm³/mol. The van der Waals surface area contributed by atoms with E-state index in [4.69, 9.17) is 4.74 Å². The van der Waals surface area contributed by atoms with Crippen molar-refractivity contribution in [3.63, 3.8) is 0 Å². The summed E-state index contributed by atoms with van der Waals surface area (Å²) in [4.78, 5) is 20.0. The molecule has 0 saturated heterocycles. The van der Waals surface area contributed by atoms with Gasteiger partial charge in [-0.1, -0.05) is 26.0 Å². The van der Waals surface area contributed by atoms with Gasteiger partial charge in [0, 0.05) is 6.04 Å². The fraction of sp³-hybridized carbons (Fsp3) is 0.400. The SMILES string of the molecule is CCC(CC)NC(=O)COc1ncnc2ccccc12. The molecule has 0 aliphatic heterocycles. The lowest BCUT2D eigenvalue weighted by atomic mass is 10.2. The molecule has 5 heteroatoms. The number of carbonyl (C=O) groups excluding carboxylic acids is 1. The topological polar surface area (TPSA) is 64.1 Å². The Kier molecular flexibility index (Phi) is 4.87. The summed E-state index contributed by atoms with van der Waals surface area (Å²) in [6.45, 7) is 4.07. The van der Waals surface area contributed by atoms with Gasteiger partial charge < -0.3 is 10.1 Å². The molecule has 0 atom stereocenters. The zero-order valence-corrected chi connectivity index (χ0v) is 11.8. The summed E-state index contributed by atoms with van der Waals surface area (Å²) in [5, 5.41) is 3.74. The van der Waals surface area contributed by atoms with Crippen molar-refractivity contribution in [1.29, 1.82) is 0 Å². The van der Waals surface area contributed by atoms with Gasteiger partial charge in [-0.2, -0.15) is 0 Å². The van der Waals surface area contributed by atoms with Crippen LogP contribution in [0.5, 0.6) is 5.88 Å². The molecule has 1 amide bonds. The summed E-state index contributed by atoms with van der Waals surface area (Å²) in [7, 11) is 0. The van der Waals surface area contributed by atoms with Crippen LogP contribution in [-0.4, -0.2) is 28.5 Å². The van der Waals surface area contributed by atoms with Gasteiger partial charge in [0.25, 0.3) is 5.91 Å². The molecule has 20 heavy (non-hydrogen) atoms. The molecule has 1 aromatic carbocycles. The van der Waals surface area contributed by atoms with E-state index in [2.05, 4.69) is 15.3 Å². The summed E-state index contributed by atoms with van der Waals surface area (Å²) in [6.07, 6.45) is 3.27. The number of rotatable bonds is 6. The van der Waals surface area contributed by atoms with Crippen LogP contribution in [0, 0.1) is 0 Å². The normalized spacial score (nSPS) is 10.8. The van der Waals surface area contributed by atoms with Crippen LogP contribution in [0.15, 0.2) is 30.6 Å². The Balaban J connectivity index is 2.01. The lowest BCUT2D eigenvalue weighted by molar-refractivity contribution is -0.123. The second-order valence-electron chi connectivity index (χ2n) is 4.57. The van der Waals surface area contributed by atoms with Crippen LogP contribution >= 0.6 is 0 Å². The van der Waals surface area contributed by atoms with E-state index < -0.39 is 0 Å². The van der Waals surface area contributed by atoms with Crippen LogP contribution in [-0.2, 0) is 4.79 Å². The molecule has 5 nitrogen and oxygen atoms in total. The minimum absolute atomic E-state index is 0.0303. The molecule has 1 heterocycles. The zero-order chi connectivity index (χ0) is 14.4. The number of carbonyl (C=O) groups is 1. The van der Waals surface area contributed by atoms with E-state index in [1.807, 2.05) is 38.1 Å². The van der Waals surface area contributed by atoms with Crippen molar-refractivity contribution in [2.45, 2.75) is 32.7 Å².